The molecule has 0 spiro atoms. The summed E-state index contributed by atoms with van der Waals surface area (Å²) in [4.78, 5) is 26.3. The minimum atomic E-state index is -0.244. The van der Waals surface area contributed by atoms with Crippen molar-refractivity contribution in [2.24, 2.45) is 17.6 Å². The van der Waals surface area contributed by atoms with Gasteiger partial charge in [0.1, 0.15) is 0 Å². The molecule has 0 unspecified atom stereocenters. The lowest BCUT2D eigenvalue weighted by Gasteiger charge is -2.33. The normalized spacial score (nSPS) is 25.8. The van der Waals surface area contributed by atoms with Crippen LogP contribution >= 0.6 is 0 Å². The minimum absolute atomic E-state index is 0.0380. The van der Waals surface area contributed by atoms with Gasteiger partial charge >= 0.3 is 0 Å². The monoisotopic (exact) mass is 357 g/mol. The fraction of sp³-hybridized carbons (Fsp3) is 0.600. The molecule has 2 saturated heterocycles. The van der Waals surface area contributed by atoms with Gasteiger partial charge in [0.15, 0.2) is 0 Å². The number of benzene rings is 1. The molecule has 1 aromatic rings. The number of carbonyl (C=O) groups excluding carboxylic acids is 2. The molecule has 4 rings (SSSR count). The fourth-order valence-electron chi connectivity index (χ4n) is 4.53. The van der Waals surface area contributed by atoms with Crippen molar-refractivity contribution >= 4 is 17.5 Å². The third-order valence-corrected chi connectivity index (χ3v) is 6.10. The quantitative estimate of drug-likeness (QED) is 0.860. The average molecular weight is 357 g/mol. The number of carbonyl (C=O) groups is 2. The molecule has 3 aliphatic heterocycles. The van der Waals surface area contributed by atoms with E-state index in [9.17, 15) is 9.59 Å². The van der Waals surface area contributed by atoms with E-state index in [1.807, 2.05) is 23.1 Å². The molecule has 6 nitrogen and oxygen atoms in total. The van der Waals surface area contributed by atoms with Gasteiger partial charge in [-0.2, -0.15) is 0 Å². The number of hydrogen-bond acceptors (Lipinski definition) is 4. The molecule has 3 heterocycles. The summed E-state index contributed by atoms with van der Waals surface area (Å²) >= 11 is 0. The number of nitrogens with two attached hydrogens (primary N) is 1. The van der Waals surface area contributed by atoms with Crippen LogP contribution in [0.25, 0.3) is 0 Å². The Morgan fingerprint density at radius 2 is 2.04 bits per heavy atom. The van der Waals surface area contributed by atoms with E-state index in [4.69, 9.17) is 10.5 Å². The first-order valence-electron chi connectivity index (χ1n) is 9.69. The summed E-state index contributed by atoms with van der Waals surface area (Å²) < 4.78 is 5.73. The van der Waals surface area contributed by atoms with E-state index in [2.05, 4.69) is 5.32 Å². The minimum Gasteiger partial charge on any atom is -0.384 e. The Morgan fingerprint density at radius 3 is 2.81 bits per heavy atom. The van der Waals surface area contributed by atoms with Crippen molar-refractivity contribution in [1.82, 2.24) is 4.90 Å². The summed E-state index contributed by atoms with van der Waals surface area (Å²) in [5.74, 6) is 0.236. The van der Waals surface area contributed by atoms with Crippen LogP contribution in [0.5, 0.6) is 0 Å². The molecule has 3 N–H and O–H groups in total. The Bertz CT molecular complexity index is 698. The summed E-state index contributed by atoms with van der Waals surface area (Å²) in [6.45, 7) is 3.12. The zero-order valence-corrected chi connectivity index (χ0v) is 15.1. The number of anilines is 1. The van der Waals surface area contributed by atoms with Gasteiger partial charge in [-0.3, -0.25) is 9.59 Å². The molecule has 0 aliphatic carbocycles. The number of likely N-dealkylation sites (tertiary alicyclic amines) is 1. The Balaban J connectivity index is 1.32. The second-order valence-electron chi connectivity index (χ2n) is 7.73. The topological polar surface area (TPSA) is 84.7 Å². The molecule has 0 saturated carbocycles. The molecule has 2 amide bonds. The van der Waals surface area contributed by atoms with Gasteiger partial charge in [-0.1, -0.05) is 0 Å². The van der Waals surface area contributed by atoms with Crippen LogP contribution in [-0.2, 0) is 16.0 Å². The average Bonchev–Trinajstić information content (AvgIpc) is 3.30. The van der Waals surface area contributed by atoms with Gasteiger partial charge in [0.25, 0.3) is 5.91 Å². The first-order valence-corrected chi connectivity index (χ1v) is 9.69. The van der Waals surface area contributed by atoms with Crippen molar-refractivity contribution < 1.29 is 14.3 Å². The summed E-state index contributed by atoms with van der Waals surface area (Å²) in [5.41, 5.74) is 8.66. The zero-order valence-electron chi connectivity index (χ0n) is 15.1. The lowest BCUT2D eigenvalue weighted by molar-refractivity contribution is -0.123. The van der Waals surface area contributed by atoms with Crippen LogP contribution in [-0.4, -0.2) is 49.1 Å². The molecule has 1 aromatic carbocycles. The molecule has 0 radical (unpaired) electrons. The smallest absolute Gasteiger partial charge is 0.253 e. The zero-order chi connectivity index (χ0) is 18.1. The molecular formula is C20H27N3O3. The number of primary amides is 1. The number of amides is 2. The van der Waals surface area contributed by atoms with Crippen LogP contribution < -0.4 is 11.1 Å². The van der Waals surface area contributed by atoms with Gasteiger partial charge in [-0.25, -0.2) is 0 Å². The highest BCUT2D eigenvalue weighted by molar-refractivity contribution is 5.95. The summed E-state index contributed by atoms with van der Waals surface area (Å²) in [6.07, 6.45) is 4.49. The van der Waals surface area contributed by atoms with Crippen LogP contribution in [0.15, 0.2) is 18.2 Å². The summed E-state index contributed by atoms with van der Waals surface area (Å²) in [6, 6.07) is 5.98. The first-order chi connectivity index (χ1) is 12.6. The van der Waals surface area contributed by atoms with E-state index in [1.165, 1.54) is 5.56 Å². The third kappa shape index (κ3) is 3.43. The fourth-order valence-corrected chi connectivity index (χ4v) is 4.53. The third-order valence-electron chi connectivity index (χ3n) is 6.10. The number of hydrogen-bond donors (Lipinski definition) is 2. The van der Waals surface area contributed by atoms with Crippen LogP contribution in [0.1, 0.15) is 41.6 Å². The Labute approximate surface area is 154 Å². The molecule has 26 heavy (non-hydrogen) atoms. The highest BCUT2D eigenvalue weighted by atomic mass is 16.5. The molecule has 2 fully saturated rings. The second kappa shape index (κ2) is 7.27. The standard InChI is InChI=1S/C20H27N3O3/c21-19(24)16-6-10-26-18(16)11-13-4-8-23(9-5-13)20(25)15-1-2-17-14(12-15)3-7-22-17/h1-2,12-13,16,18,22H,3-11H2,(H2,21,24)/t16-,18-/m1/s1. The lowest BCUT2D eigenvalue weighted by atomic mass is 9.86. The van der Waals surface area contributed by atoms with E-state index in [0.29, 0.717) is 12.5 Å². The van der Waals surface area contributed by atoms with Gasteiger partial charge in [-0.15, -0.1) is 0 Å². The number of nitrogens with one attached hydrogen (secondary N) is 1. The first kappa shape index (κ1) is 17.3. The Morgan fingerprint density at radius 1 is 1.23 bits per heavy atom. The van der Waals surface area contributed by atoms with Gasteiger partial charge < -0.3 is 20.7 Å². The van der Waals surface area contributed by atoms with Crippen LogP contribution in [0, 0.1) is 11.8 Å². The largest absolute Gasteiger partial charge is 0.384 e. The van der Waals surface area contributed by atoms with E-state index >= 15 is 0 Å². The SMILES string of the molecule is NC(=O)[C@@H]1CCO[C@@H]1CC1CCN(C(=O)c2ccc3c(c2)CCN3)CC1. The van der Waals surface area contributed by atoms with Gasteiger partial charge in [-0.05, 0) is 61.8 Å². The van der Waals surface area contributed by atoms with Crippen molar-refractivity contribution in [2.75, 3.05) is 31.6 Å². The van der Waals surface area contributed by atoms with E-state index < -0.39 is 0 Å². The van der Waals surface area contributed by atoms with Crippen molar-refractivity contribution in [3.05, 3.63) is 29.3 Å². The number of piperidine rings is 1. The number of ether oxygens (including phenoxy) is 1. The maximum Gasteiger partial charge on any atom is 0.253 e. The van der Waals surface area contributed by atoms with Gasteiger partial charge in [0, 0.05) is 37.5 Å². The highest BCUT2D eigenvalue weighted by Gasteiger charge is 2.35. The van der Waals surface area contributed by atoms with Crippen molar-refractivity contribution in [3.8, 4) is 0 Å². The molecule has 2 atom stereocenters. The predicted octanol–water partition coefficient (Wildman–Crippen LogP) is 1.79. The molecule has 0 bridgehead atoms. The van der Waals surface area contributed by atoms with Crippen molar-refractivity contribution in [1.29, 1.82) is 0 Å². The second-order valence-corrected chi connectivity index (χ2v) is 7.73. The summed E-state index contributed by atoms with van der Waals surface area (Å²) in [5, 5.41) is 3.33. The Hall–Kier alpha value is -2.08. The summed E-state index contributed by atoms with van der Waals surface area (Å²) in [7, 11) is 0. The lowest BCUT2D eigenvalue weighted by Crippen LogP contribution is -2.40. The molecule has 0 aromatic heterocycles. The van der Waals surface area contributed by atoms with Gasteiger partial charge in [0.05, 0.1) is 12.0 Å². The maximum absolute atomic E-state index is 12.8. The van der Waals surface area contributed by atoms with Crippen molar-refractivity contribution in [3.63, 3.8) is 0 Å². The number of nitrogens with zero attached hydrogens (tertiary/aromatic N) is 1. The van der Waals surface area contributed by atoms with Crippen LogP contribution in [0.4, 0.5) is 5.69 Å². The van der Waals surface area contributed by atoms with Crippen LogP contribution in [0.2, 0.25) is 0 Å². The van der Waals surface area contributed by atoms with Crippen molar-refractivity contribution in [2.45, 2.75) is 38.2 Å². The Kier molecular flexibility index (Phi) is 4.85. The number of fused-ring (bicyclic) bond motifs is 1. The van der Waals surface area contributed by atoms with E-state index in [1.54, 1.807) is 0 Å². The number of rotatable bonds is 4. The van der Waals surface area contributed by atoms with Crippen LogP contribution in [0.3, 0.4) is 0 Å². The van der Waals surface area contributed by atoms with E-state index in [0.717, 1.165) is 63.0 Å². The van der Waals surface area contributed by atoms with E-state index in [-0.39, 0.29) is 23.8 Å². The molecule has 140 valence electrons. The highest BCUT2D eigenvalue weighted by Crippen LogP contribution is 2.31. The predicted molar refractivity (Wildman–Crippen MR) is 98.9 cm³/mol. The molecular weight excluding hydrogens is 330 g/mol. The molecule has 6 heteroatoms. The molecule has 3 aliphatic rings. The van der Waals surface area contributed by atoms with Gasteiger partial charge in [0.2, 0.25) is 5.91 Å². The maximum atomic E-state index is 12.8.